The van der Waals surface area contributed by atoms with E-state index < -0.39 is 24.0 Å². The van der Waals surface area contributed by atoms with E-state index in [2.05, 4.69) is 0 Å². The smallest absolute Gasteiger partial charge is 0.240 e. The van der Waals surface area contributed by atoms with Crippen LogP contribution < -0.4 is 4.90 Å². The van der Waals surface area contributed by atoms with E-state index in [9.17, 15) is 9.59 Å². The summed E-state index contributed by atoms with van der Waals surface area (Å²) >= 11 is 0. The first-order chi connectivity index (χ1) is 10.7. The summed E-state index contributed by atoms with van der Waals surface area (Å²) < 4.78 is 16.8. The highest BCUT2D eigenvalue weighted by molar-refractivity contribution is 6.22. The molecule has 3 saturated heterocycles. The van der Waals surface area contributed by atoms with Crippen LogP contribution >= 0.6 is 0 Å². The SMILES string of the molecule is COC1C(OC)C2OC1C1C(=O)N(c3ccccc3)C(=O)C21. The molecular formula is C16H17NO5. The molecule has 6 heteroatoms. The van der Waals surface area contributed by atoms with E-state index in [1.54, 1.807) is 26.4 Å². The maximum Gasteiger partial charge on any atom is 0.240 e. The Hall–Kier alpha value is -1.76. The van der Waals surface area contributed by atoms with Crippen molar-refractivity contribution in [3.05, 3.63) is 30.3 Å². The van der Waals surface area contributed by atoms with E-state index in [4.69, 9.17) is 14.2 Å². The maximum absolute atomic E-state index is 12.8. The second kappa shape index (κ2) is 4.87. The van der Waals surface area contributed by atoms with Gasteiger partial charge in [-0.05, 0) is 12.1 Å². The van der Waals surface area contributed by atoms with Crippen molar-refractivity contribution < 1.29 is 23.8 Å². The highest BCUT2D eigenvalue weighted by atomic mass is 16.6. The van der Waals surface area contributed by atoms with Crippen molar-refractivity contribution in [3.63, 3.8) is 0 Å². The van der Waals surface area contributed by atoms with Gasteiger partial charge >= 0.3 is 0 Å². The molecular weight excluding hydrogens is 286 g/mol. The Kier molecular flexibility index (Phi) is 3.07. The quantitative estimate of drug-likeness (QED) is 0.765. The van der Waals surface area contributed by atoms with Gasteiger partial charge in [-0.2, -0.15) is 0 Å². The largest absolute Gasteiger partial charge is 0.376 e. The van der Waals surface area contributed by atoms with Gasteiger partial charge in [0, 0.05) is 14.2 Å². The number of amides is 2. The minimum Gasteiger partial charge on any atom is -0.376 e. The van der Waals surface area contributed by atoms with Gasteiger partial charge in [-0.15, -0.1) is 0 Å². The normalized spacial score (nSPS) is 39.6. The van der Waals surface area contributed by atoms with Crippen LogP contribution in [0, 0.1) is 11.8 Å². The van der Waals surface area contributed by atoms with Crippen molar-refractivity contribution in [2.24, 2.45) is 11.8 Å². The average Bonchev–Trinajstić information content (AvgIpc) is 3.17. The molecule has 2 bridgehead atoms. The van der Waals surface area contributed by atoms with Crippen LogP contribution in [0.1, 0.15) is 0 Å². The monoisotopic (exact) mass is 303 g/mol. The van der Waals surface area contributed by atoms with Gasteiger partial charge in [0.05, 0.1) is 29.7 Å². The standard InChI is InChI=1S/C16H17NO5/c1-20-13-11-9-10(12(22-11)14(13)21-2)16(19)17(15(9)18)8-6-4-3-5-7-8/h3-7,9-14H,1-2H3. The molecule has 6 unspecified atom stereocenters. The first kappa shape index (κ1) is 13.9. The lowest BCUT2D eigenvalue weighted by atomic mass is 9.78. The highest BCUT2D eigenvalue weighted by Gasteiger charge is 2.69. The zero-order valence-corrected chi connectivity index (χ0v) is 12.3. The molecule has 0 aliphatic carbocycles. The molecule has 3 aliphatic heterocycles. The van der Waals surface area contributed by atoms with Gasteiger partial charge in [-0.3, -0.25) is 9.59 Å². The number of anilines is 1. The van der Waals surface area contributed by atoms with E-state index in [0.29, 0.717) is 5.69 Å². The molecule has 116 valence electrons. The first-order valence-corrected chi connectivity index (χ1v) is 7.33. The van der Waals surface area contributed by atoms with Crippen molar-refractivity contribution in [2.75, 3.05) is 19.1 Å². The van der Waals surface area contributed by atoms with Crippen LogP contribution in [-0.2, 0) is 23.8 Å². The minimum absolute atomic E-state index is 0.203. The van der Waals surface area contributed by atoms with Crippen LogP contribution in [0.25, 0.3) is 0 Å². The molecule has 1 aromatic carbocycles. The summed E-state index contributed by atoms with van der Waals surface area (Å²) in [6, 6.07) is 9.00. The lowest BCUT2D eigenvalue weighted by molar-refractivity contribution is -0.126. The number of carbonyl (C=O) groups excluding carboxylic acids is 2. The third-order valence-electron chi connectivity index (χ3n) is 4.95. The van der Waals surface area contributed by atoms with Crippen molar-refractivity contribution in [3.8, 4) is 0 Å². The van der Waals surface area contributed by atoms with Gasteiger partial charge in [0.2, 0.25) is 11.8 Å². The third kappa shape index (κ3) is 1.60. The van der Waals surface area contributed by atoms with Crippen LogP contribution in [0.3, 0.4) is 0 Å². The van der Waals surface area contributed by atoms with E-state index in [0.717, 1.165) is 0 Å². The molecule has 1 aromatic rings. The van der Waals surface area contributed by atoms with Gasteiger partial charge in [-0.1, -0.05) is 18.2 Å². The predicted octanol–water partition coefficient (Wildman–Crippen LogP) is 0.603. The van der Waals surface area contributed by atoms with Gasteiger partial charge in [0.25, 0.3) is 0 Å². The Morgan fingerprint density at radius 1 is 0.909 bits per heavy atom. The number of hydrogen-bond donors (Lipinski definition) is 0. The summed E-state index contributed by atoms with van der Waals surface area (Å²) in [7, 11) is 3.15. The number of para-hydroxylation sites is 1. The van der Waals surface area contributed by atoms with Crippen LogP contribution in [-0.4, -0.2) is 50.4 Å². The van der Waals surface area contributed by atoms with Crippen LogP contribution in [0.4, 0.5) is 5.69 Å². The number of ether oxygens (including phenoxy) is 3. The molecule has 3 fully saturated rings. The van der Waals surface area contributed by atoms with Gasteiger partial charge in [-0.25, -0.2) is 4.90 Å². The highest BCUT2D eigenvalue weighted by Crippen LogP contribution is 2.51. The summed E-state index contributed by atoms with van der Waals surface area (Å²) in [6.07, 6.45) is -1.47. The predicted molar refractivity (Wildman–Crippen MR) is 76.2 cm³/mol. The van der Waals surface area contributed by atoms with Crippen LogP contribution in [0.15, 0.2) is 30.3 Å². The Balaban J connectivity index is 1.72. The summed E-state index contributed by atoms with van der Waals surface area (Å²) in [6.45, 7) is 0. The number of fused-ring (bicyclic) bond motifs is 5. The third-order valence-corrected chi connectivity index (χ3v) is 4.95. The molecule has 0 aromatic heterocycles. The molecule has 0 saturated carbocycles. The van der Waals surface area contributed by atoms with E-state index in [-0.39, 0.29) is 24.0 Å². The van der Waals surface area contributed by atoms with E-state index in [1.165, 1.54) is 4.90 Å². The van der Waals surface area contributed by atoms with Crippen LogP contribution in [0.2, 0.25) is 0 Å². The Bertz CT molecular complexity index is 584. The van der Waals surface area contributed by atoms with Gasteiger partial charge < -0.3 is 14.2 Å². The average molecular weight is 303 g/mol. The van der Waals surface area contributed by atoms with Crippen molar-refractivity contribution in [2.45, 2.75) is 24.4 Å². The second-order valence-electron chi connectivity index (χ2n) is 5.86. The number of nitrogens with zero attached hydrogens (tertiary/aromatic N) is 1. The number of methoxy groups -OCH3 is 2. The Morgan fingerprint density at radius 3 is 1.86 bits per heavy atom. The molecule has 0 N–H and O–H groups in total. The second-order valence-corrected chi connectivity index (χ2v) is 5.86. The van der Waals surface area contributed by atoms with E-state index >= 15 is 0 Å². The van der Waals surface area contributed by atoms with Gasteiger partial charge in [0.15, 0.2) is 0 Å². The lowest BCUT2D eigenvalue weighted by Gasteiger charge is -2.30. The number of imide groups is 1. The molecule has 6 nitrogen and oxygen atoms in total. The molecule has 22 heavy (non-hydrogen) atoms. The van der Waals surface area contributed by atoms with Crippen LogP contribution in [0.5, 0.6) is 0 Å². The molecule has 2 amide bonds. The zero-order chi connectivity index (χ0) is 15.4. The molecule has 0 radical (unpaired) electrons. The number of carbonyl (C=O) groups is 2. The molecule has 0 spiro atoms. The number of hydrogen-bond acceptors (Lipinski definition) is 5. The lowest BCUT2D eigenvalue weighted by Crippen LogP contribution is -2.49. The number of benzene rings is 1. The molecule has 3 heterocycles. The van der Waals surface area contributed by atoms with E-state index in [1.807, 2.05) is 18.2 Å². The fourth-order valence-electron chi connectivity index (χ4n) is 4.06. The fourth-order valence-corrected chi connectivity index (χ4v) is 4.06. The Morgan fingerprint density at radius 2 is 1.41 bits per heavy atom. The minimum atomic E-state index is -0.478. The van der Waals surface area contributed by atoms with Crippen molar-refractivity contribution >= 4 is 17.5 Å². The molecule has 3 aliphatic rings. The summed E-state index contributed by atoms with van der Waals surface area (Å²) in [5.41, 5.74) is 0.606. The molecule has 4 rings (SSSR count). The topological polar surface area (TPSA) is 65.1 Å². The fraction of sp³-hybridized carbons (Fsp3) is 0.500. The Labute approximate surface area is 127 Å². The molecule has 6 atom stereocenters. The van der Waals surface area contributed by atoms with Gasteiger partial charge in [0.1, 0.15) is 12.2 Å². The number of rotatable bonds is 3. The van der Waals surface area contributed by atoms with Crippen molar-refractivity contribution in [1.29, 1.82) is 0 Å². The maximum atomic E-state index is 12.8. The summed E-state index contributed by atoms with van der Waals surface area (Å²) in [5.74, 6) is -1.36. The zero-order valence-electron chi connectivity index (χ0n) is 12.3. The van der Waals surface area contributed by atoms with Crippen molar-refractivity contribution in [1.82, 2.24) is 0 Å². The summed E-state index contributed by atoms with van der Waals surface area (Å²) in [4.78, 5) is 26.8. The first-order valence-electron chi connectivity index (χ1n) is 7.33. The summed E-state index contributed by atoms with van der Waals surface area (Å²) in [5, 5.41) is 0.